The van der Waals surface area contributed by atoms with Crippen molar-refractivity contribution in [1.29, 1.82) is 0 Å². The Morgan fingerprint density at radius 2 is 1.83 bits per heavy atom. The van der Waals surface area contributed by atoms with E-state index in [1.54, 1.807) is 0 Å². The maximum absolute atomic E-state index is 12.4. The molecule has 1 aromatic carbocycles. The van der Waals surface area contributed by atoms with Crippen LogP contribution in [0.2, 0.25) is 0 Å². The summed E-state index contributed by atoms with van der Waals surface area (Å²) in [6, 6.07) is 4.55. The zero-order valence-electron chi connectivity index (χ0n) is 6.11. The van der Waals surface area contributed by atoms with Crippen LogP contribution in [0.5, 0.6) is 0 Å². The van der Waals surface area contributed by atoms with Gasteiger partial charge in [-0.05, 0) is 12.1 Å². The Bertz CT molecular complexity index is 268. The molecule has 0 atom stereocenters. The van der Waals surface area contributed by atoms with Crippen molar-refractivity contribution in [3.05, 3.63) is 35.6 Å². The highest BCUT2D eigenvalue weighted by molar-refractivity contribution is 6.57. The summed E-state index contributed by atoms with van der Waals surface area (Å²) in [6.07, 6.45) is -1.02. The van der Waals surface area contributed by atoms with Crippen molar-refractivity contribution in [2.24, 2.45) is 0 Å². The number of benzene rings is 1. The minimum absolute atomic E-state index is 0.0255. The molecular formula is C7H6BF4-. The molecule has 0 spiro atoms. The van der Waals surface area contributed by atoms with E-state index >= 15 is 0 Å². The number of halogens is 4. The molecule has 0 fully saturated rings. The van der Waals surface area contributed by atoms with Gasteiger partial charge in [0.15, 0.2) is 0 Å². The third-order valence-electron chi connectivity index (χ3n) is 1.36. The van der Waals surface area contributed by atoms with Gasteiger partial charge < -0.3 is 12.9 Å². The molecule has 0 amide bonds. The first-order valence-corrected chi connectivity index (χ1v) is 3.43. The Labute approximate surface area is 67.3 Å². The van der Waals surface area contributed by atoms with Gasteiger partial charge in [0.1, 0.15) is 5.82 Å². The first-order valence-electron chi connectivity index (χ1n) is 3.43. The van der Waals surface area contributed by atoms with Crippen LogP contribution in [0.25, 0.3) is 0 Å². The Kier molecular flexibility index (Phi) is 2.40. The summed E-state index contributed by atoms with van der Waals surface area (Å²) in [5.74, 6) is -0.632. The summed E-state index contributed by atoms with van der Waals surface area (Å²) >= 11 is 0. The normalized spacial score (nSPS) is 11.7. The van der Waals surface area contributed by atoms with Crippen LogP contribution in [0.4, 0.5) is 17.3 Å². The molecule has 0 bridgehead atoms. The standard InChI is InChI=1S/C7H6BF4/c9-7-3-1-2-6(4-7)5-8(10,11)12/h1-4H,5H2/q-1. The Balaban J connectivity index is 2.77. The van der Waals surface area contributed by atoms with E-state index in [1.807, 2.05) is 0 Å². The summed E-state index contributed by atoms with van der Waals surface area (Å²) in [4.78, 5) is 0. The van der Waals surface area contributed by atoms with Gasteiger partial charge in [-0.15, -0.1) is 0 Å². The highest BCUT2D eigenvalue weighted by Gasteiger charge is 2.22. The van der Waals surface area contributed by atoms with E-state index < -0.39 is 19.1 Å². The van der Waals surface area contributed by atoms with E-state index in [9.17, 15) is 17.3 Å². The molecule has 0 nitrogen and oxygen atoms in total. The smallest absolute Gasteiger partial charge is 0.449 e. The van der Waals surface area contributed by atoms with Crippen LogP contribution in [-0.4, -0.2) is 6.98 Å². The van der Waals surface area contributed by atoms with E-state index in [4.69, 9.17) is 0 Å². The van der Waals surface area contributed by atoms with Gasteiger partial charge in [-0.1, -0.05) is 24.0 Å². The number of hydrogen-bond acceptors (Lipinski definition) is 0. The third-order valence-corrected chi connectivity index (χ3v) is 1.36. The first-order chi connectivity index (χ1) is 5.47. The molecule has 0 unspecified atom stereocenters. The lowest BCUT2D eigenvalue weighted by Gasteiger charge is -2.12. The monoisotopic (exact) mass is 177 g/mol. The lowest BCUT2D eigenvalue weighted by Crippen LogP contribution is -2.19. The average Bonchev–Trinajstić information content (AvgIpc) is 1.82. The van der Waals surface area contributed by atoms with Crippen LogP contribution >= 0.6 is 0 Å². The largest absolute Gasteiger partial charge is 0.482 e. The van der Waals surface area contributed by atoms with Crippen molar-refractivity contribution < 1.29 is 17.3 Å². The van der Waals surface area contributed by atoms with Gasteiger partial charge >= 0.3 is 6.98 Å². The van der Waals surface area contributed by atoms with Crippen LogP contribution < -0.4 is 0 Å². The fourth-order valence-corrected chi connectivity index (χ4v) is 0.931. The predicted octanol–water partition coefficient (Wildman–Crippen LogP) is 2.75. The molecular weight excluding hydrogens is 171 g/mol. The fraction of sp³-hybridized carbons (Fsp3) is 0.143. The van der Waals surface area contributed by atoms with Gasteiger partial charge in [-0.25, -0.2) is 4.39 Å². The quantitative estimate of drug-likeness (QED) is 0.481. The van der Waals surface area contributed by atoms with Crippen molar-refractivity contribution >= 4 is 6.98 Å². The molecule has 0 aliphatic heterocycles. The van der Waals surface area contributed by atoms with Gasteiger partial charge in [0.2, 0.25) is 0 Å². The Morgan fingerprint density at radius 1 is 1.17 bits per heavy atom. The highest BCUT2D eigenvalue weighted by Crippen LogP contribution is 2.16. The maximum atomic E-state index is 12.4. The van der Waals surface area contributed by atoms with E-state index in [0.29, 0.717) is 0 Å². The molecule has 1 aromatic rings. The molecule has 0 saturated carbocycles. The molecule has 0 radical (unpaired) electrons. The summed E-state index contributed by atoms with van der Waals surface area (Å²) in [7, 11) is 0. The minimum Gasteiger partial charge on any atom is -0.449 e. The molecule has 1 rings (SSSR count). The lowest BCUT2D eigenvalue weighted by molar-refractivity contribution is 0.468. The zero-order chi connectivity index (χ0) is 9.19. The van der Waals surface area contributed by atoms with Crippen molar-refractivity contribution in [2.45, 2.75) is 6.32 Å². The van der Waals surface area contributed by atoms with E-state index in [1.165, 1.54) is 12.1 Å². The minimum atomic E-state index is -4.86. The topological polar surface area (TPSA) is 0 Å². The molecule has 66 valence electrons. The van der Waals surface area contributed by atoms with Gasteiger partial charge in [-0.2, -0.15) is 0 Å². The molecule has 0 saturated heterocycles. The SMILES string of the molecule is Fc1cccc(C[B-](F)(F)F)c1. The van der Waals surface area contributed by atoms with Crippen LogP contribution in [0.1, 0.15) is 5.56 Å². The fourth-order valence-electron chi connectivity index (χ4n) is 0.931. The molecule has 12 heavy (non-hydrogen) atoms. The zero-order valence-corrected chi connectivity index (χ0v) is 6.11. The predicted molar refractivity (Wildman–Crippen MR) is 39.2 cm³/mol. The number of rotatable bonds is 2. The number of hydrogen-bond donors (Lipinski definition) is 0. The second-order valence-corrected chi connectivity index (χ2v) is 2.54. The second-order valence-electron chi connectivity index (χ2n) is 2.54. The summed E-state index contributed by atoms with van der Waals surface area (Å²) in [5.41, 5.74) is -0.0255. The van der Waals surface area contributed by atoms with Crippen molar-refractivity contribution in [1.82, 2.24) is 0 Å². The van der Waals surface area contributed by atoms with Crippen LogP contribution in [0.3, 0.4) is 0 Å². The molecule has 0 aliphatic carbocycles. The van der Waals surface area contributed by atoms with E-state index in [0.717, 1.165) is 12.1 Å². The summed E-state index contributed by atoms with van der Waals surface area (Å²) in [5, 5.41) is 0. The summed E-state index contributed by atoms with van der Waals surface area (Å²) < 4.78 is 47.8. The Hall–Kier alpha value is -0.995. The lowest BCUT2D eigenvalue weighted by atomic mass is 9.82. The molecule has 0 heterocycles. The average molecular weight is 177 g/mol. The molecule has 5 heteroatoms. The molecule has 0 aliphatic rings. The van der Waals surface area contributed by atoms with Gasteiger partial charge in [-0.3, -0.25) is 0 Å². The van der Waals surface area contributed by atoms with E-state index in [2.05, 4.69) is 0 Å². The van der Waals surface area contributed by atoms with Gasteiger partial charge in [0, 0.05) is 0 Å². The second kappa shape index (κ2) is 3.17. The van der Waals surface area contributed by atoms with Crippen molar-refractivity contribution in [3.8, 4) is 0 Å². The third kappa shape index (κ3) is 2.94. The first kappa shape index (κ1) is 9.10. The molecule has 0 N–H and O–H groups in total. The van der Waals surface area contributed by atoms with Crippen LogP contribution in [0, 0.1) is 5.82 Å². The molecule has 0 aromatic heterocycles. The van der Waals surface area contributed by atoms with Crippen molar-refractivity contribution in [2.75, 3.05) is 0 Å². The van der Waals surface area contributed by atoms with Crippen LogP contribution in [0.15, 0.2) is 24.3 Å². The summed E-state index contributed by atoms with van der Waals surface area (Å²) in [6.45, 7) is -4.86. The Morgan fingerprint density at radius 3 is 2.33 bits per heavy atom. The van der Waals surface area contributed by atoms with Gasteiger partial charge in [0.05, 0.1) is 0 Å². The van der Waals surface area contributed by atoms with E-state index in [-0.39, 0.29) is 5.56 Å². The highest BCUT2D eigenvalue weighted by atomic mass is 19.4. The van der Waals surface area contributed by atoms with Gasteiger partial charge in [0.25, 0.3) is 0 Å². The van der Waals surface area contributed by atoms with Crippen molar-refractivity contribution in [3.63, 3.8) is 0 Å². The van der Waals surface area contributed by atoms with Crippen LogP contribution in [-0.2, 0) is 6.32 Å². The maximum Gasteiger partial charge on any atom is 0.482 e.